The smallest absolute Gasteiger partial charge is 0.136 e. The van der Waals surface area contributed by atoms with E-state index < -0.39 is 0 Å². The number of rotatable bonds is 3. The first-order valence-electron chi connectivity index (χ1n) is 3.68. The molecule has 0 aromatic heterocycles. The van der Waals surface area contributed by atoms with Crippen molar-refractivity contribution in [2.24, 2.45) is 0 Å². The van der Waals surface area contributed by atoms with Gasteiger partial charge in [0.15, 0.2) is 0 Å². The summed E-state index contributed by atoms with van der Waals surface area (Å²) < 4.78 is -0.147. The molecule has 0 spiro atoms. The Balaban J connectivity index is 2.52. The highest BCUT2D eigenvalue weighted by Gasteiger charge is 2.32. The Labute approximate surface area is 76.2 Å². The highest BCUT2D eigenvalue weighted by molar-refractivity contribution is 8.01. The standard InChI is InChI=1S/C8H11ClOS/c9-5-1-3-8(7-10)4-2-6-11-8/h1,5,7H,2-4,6H2/b5-1+. The van der Waals surface area contributed by atoms with Gasteiger partial charge in [0.05, 0.1) is 4.75 Å². The minimum Gasteiger partial charge on any atom is -0.302 e. The number of aldehydes is 1. The van der Waals surface area contributed by atoms with Gasteiger partial charge in [0.25, 0.3) is 0 Å². The van der Waals surface area contributed by atoms with Gasteiger partial charge in [-0.15, -0.1) is 11.8 Å². The van der Waals surface area contributed by atoms with E-state index in [1.807, 2.05) is 6.08 Å². The lowest BCUT2D eigenvalue weighted by Crippen LogP contribution is -2.21. The lowest BCUT2D eigenvalue weighted by atomic mass is 10.0. The van der Waals surface area contributed by atoms with Crippen molar-refractivity contribution in [3.63, 3.8) is 0 Å². The summed E-state index contributed by atoms with van der Waals surface area (Å²) >= 11 is 7.14. The largest absolute Gasteiger partial charge is 0.302 e. The van der Waals surface area contributed by atoms with Crippen LogP contribution in [-0.4, -0.2) is 16.8 Å². The zero-order valence-electron chi connectivity index (χ0n) is 6.25. The highest BCUT2D eigenvalue weighted by Crippen LogP contribution is 2.39. The summed E-state index contributed by atoms with van der Waals surface area (Å²) in [6, 6.07) is 0. The maximum atomic E-state index is 10.7. The van der Waals surface area contributed by atoms with Gasteiger partial charge in [-0.2, -0.15) is 0 Å². The molecule has 62 valence electrons. The average molecular weight is 191 g/mol. The molecule has 0 aromatic carbocycles. The van der Waals surface area contributed by atoms with E-state index in [4.69, 9.17) is 11.6 Å². The second-order valence-electron chi connectivity index (χ2n) is 2.70. The number of carbonyl (C=O) groups excluding carboxylic acids is 1. The van der Waals surface area contributed by atoms with Crippen molar-refractivity contribution < 1.29 is 4.79 Å². The molecular weight excluding hydrogens is 180 g/mol. The number of halogens is 1. The molecule has 1 atom stereocenters. The van der Waals surface area contributed by atoms with Crippen LogP contribution in [0.5, 0.6) is 0 Å². The van der Waals surface area contributed by atoms with Crippen molar-refractivity contribution in [3.05, 3.63) is 11.6 Å². The molecule has 3 heteroatoms. The average Bonchev–Trinajstić information content (AvgIpc) is 2.50. The number of hydrogen-bond donors (Lipinski definition) is 0. The Bertz CT molecular complexity index is 161. The number of allylic oxidation sites excluding steroid dienone is 1. The molecule has 0 amide bonds. The zero-order valence-corrected chi connectivity index (χ0v) is 7.83. The van der Waals surface area contributed by atoms with Gasteiger partial charge in [0.2, 0.25) is 0 Å². The van der Waals surface area contributed by atoms with Crippen molar-refractivity contribution in [2.45, 2.75) is 24.0 Å². The molecule has 1 aliphatic rings. The molecule has 1 aliphatic heterocycles. The Morgan fingerprint density at radius 2 is 2.45 bits per heavy atom. The Morgan fingerprint density at radius 1 is 1.64 bits per heavy atom. The number of carbonyl (C=O) groups is 1. The van der Waals surface area contributed by atoms with E-state index in [1.54, 1.807) is 11.8 Å². The van der Waals surface area contributed by atoms with Crippen LogP contribution in [-0.2, 0) is 4.79 Å². The van der Waals surface area contributed by atoms with E-state index >= 15 is 0 Å². The van der Waals surface area contributed by atoms with Crippen LogP contribution in [0.4, 0.5) is 0 Å². The van der Waals surface area contributed by atoms with E-state index in [0.29, 0.717) is 0 Å². The van der Waals surface area contributed by atoms with Crippen LogP contribution in [0.25, 0.3) is 0 Å². The normalized spacial score (nSPS) is 31.4. The van der Waals surface area contributed by atoms with E-state index in [2.05, 4.69) is 0 Å². The lowest BCUT2D eigenvalue weighted by molar-refractivity contribution is -0.109. The van der Waals surface area contributed by atoms with Crippen molar-refractivity contribution in [2.75, 3.05) is 5.75 Å². The highest BCUT2D eigenvalue weighted by atomic mass is 35.5. The molecule has 0 N–H and O–H groups in total. The van der Waals surface area contributed by atoms with Crippen LogP contribution in [0, 0.1) is 0 Å². The van der Waals surface area contributed by atoms with Gasteiger partial charge in [-0.3, -0.25) is 0 Å². The van der Waals surface area contributed by atoms with Gasteiger partial charge in [-0.05, 0) is 25.0 Å². The molecule has 11 heavy (non-hydrogen) atoms. The van der Waals surface area contributed by atoms with Crippen LogP contribution in [0.3, 0.4) is 0 Å². The van der Waals surface area contributed by atoms with E-state index in [-0.39, 0.29) is 4.75 Å². The summed E-state index contributed by atoms with van der Waals surface area (Å²) in [7, 11) is 0. The summed E-state index contributed by atoms with van der Waals surface area (Å²) in [5, 5.41) is 0. The molecule has 0 radical (unpaired) electrons. The van der Waals surface area contributed by atoms with Gasteiger partial charge < -0.3 is 4.79 Å². The molecular formula is C8H11ClOS. The molecule has 1 nitrogen and oxygen atoms in total. The van der Waals surface area contributed by atoms with Crippen LogP contribution in [0.1, 0.15) is 19.3 Å². The topological polar surface area (TPSA) is 17.1 Å². The SMILES string of the molecule is O=CC1(C/C=C/Cl)CCCS1. The van der Waals surface area contributed by atoms with E-state index in [9.17, 15) is 4.79 Å². The molecule has 0 bridgehead atoms. The first-order valence-corrected chi connectivity index (χ1v) is 5.11. The van der Waals surface area contributed by atoms with Gasteiger partial charge in [-0.25, -0.2) is 0 Å². The summed E-state index contributed by atoms with van der Waals surface area (Å²) in [5.74, 6) is 1.11. The molecule has 0 aromatic rings. The molecule has 1 fully saturated rings. The van der Waals surface area contributed by atoms with Gasteiger partial charge in [-0.1, -0.05) is 17.7 Å². The maximum absolute atomic E-state index is 10.7. The maximum Gasteiger partial charge on any atom is 0.136 e. The summed E-state index contributed by atoms with van der Waals surface area (Å²) in [6.07, 6.45) is 5.86. The van der Waals surface area contributed by atoms with Crippen LogP contribution < -0.4 is 0 Å². The zero-order chi connectivity index (χ0) is 8.16. The van der Waals surface area contributed by atoms with E-state index in [0.717, 1.165) is 31.3 Å². The van der Waals surface area contributed by atoms with Crippen molar-refractivity contribution in [3.8, 4) is 0 Å². The molecule has 0 aliphatic carbocycles. The first kappa shape index (κ1) is 9.14. The van der Waals surface area contributed by atoms with Gasteiger partial charge in [0.1, 0.15) is 6.29 Å². The summed E-state index contributed by atoms with van der Waals surface area (Å²) in [6.45, 7) is 0. The fourth-order valence-corrected chi connectivity index (χ4v) is 2.62. The van der Waals surface area contributed by atoms with Crippen LogP contribution >= 0.6 is 23.4 Å². The Kier molecular flexibility index (Phi) is 3.46. The number of thioether (sulfide) groups is 1. The van der Waals surface area contributed by atoms with Crippen molar-refractivity contribution >= 4 is 29.6 Å². The number of hydrogen-bond acceptors (Lipinski definition) is 2. The van der Waals surface area contributed by atoms with Gasteiger partial charge >= 0.3 is 0 Å². The van der Waals surface area contributed by atoms with E-state index in [1.165, 1.54) is 5.54 Å². The molecule has 0 saturated carbocycles. The fraction of sp³-hybridized carbons (Fsp3) is 0.625. The third kappa shape index (κ3) is 2.24. The van der Waals surface area contributed by atoms with Crippen molar-refractivity contribution in [1.82, 2.24) is 0 Å². The van der Waals surface area contributed by atoms with Crippen molar-refractivity contribution in [1.29, 1.82) is 0 Å². The summed E-state index contributed by atoms with van der Waals surface area (Å²) in [4.78, 5) is 10.7. The minimum absolute atomic E-state index is 0.147. The van der Waals surface area contributed by atoms with Crippen LogP contribution in [0.2, 0.25) is 0 Å². The second kappa shape index (κ2) is 4.17. The predicted octanol–water partition coefficient (Wildman–Crippen LogP) is 2.59. The third-order valence-corrected chi connectivity index (χ3v) is 3.61. The Morgan fingerprint density at radius 3 is 2.91 bits per heavy atom. The quantitative estimate of drug-likeness (QED) is 0.637. The second-order valence-corrected chi connectivity index (χ2v) is 4.46. The van der Waals surface area contributed by atoms with Crippen LogP contribution in [0.15, 0.2) is 11.6 Å². The molecule has 1 unspecified atom stereocenters. The third-order valence-electron chi connectivity index (χ3n) is 1.90. The fourth-order valence-electron chi connectivity index (χ4n) is 1.27. The predicted molar refractivity (Wildman–Crippen MR) is 50.1 cm³/mol. The first-order chi connectivity index (χ1) is 5.33. The van der Waals surface area contributed by atoms with Gasteiger partial charge in [0, 0.05) is 5.54 Å². The lowest BCUT2D eigenvalue weighted by Gasteiger charge is -2.17. The monoisotopic (exact) mass is 190 g/mol. The Hall–Kier alpha value is 0.0500. The minimum atomic E-state index is -0.147. The molecule has 1 saturated heterocycles. The summed E-state index contributed by atoms with van der Waals surface area (Å²) in [5.41, 5.74) is 1.49. The molecule has 1 heterocycles. The molecule has 1 rings (SSSR count).